The molecule has 0 saturated heterocycles. The lowest BCUT2D eigenvalue weighted by Crippen LogP contribution is -2.34. The largest absolute Gasteiger partial charge is 0.444 e. The summed E-state index contributed by atoms with van der Waals surface area (Å²) in [6.07, 6.45) is -0.505. The Morgan fingerprint density at radius 1 is 1.48 bits per heavy atom. The number of carbonyl (C=O) groups is 1. The molecule has 0 fully saturated rings. The van der Waals surface area contributed by atoms with Gasteiger partial charge in [0.25, 0.3) is 5.69 Å². The van der Waals surface area contributed by atoms with Crippen molar-refractivity contribution in [3.8, 4) is 0 Å². The van der Waals surface area contributed by atoms with E-state index in [-0.39, 0.29) is 5.69 Å². The number of benzene rings is 1. The van der Waals surface area contributed by atoms with Crippen molar-refractivity contribution < 1.29 is 14.5 Å². The van der Waals surface area contributed by atoms with Gasteiger partial charge in [-0.15, -0.1) is 0 Å². The summed E-state index contributed by atoms with van der Waals surface area (Å²) in [5.74, 6) is 0. The summed E-state index contributed by atoms with van der Waals surface area (Å²) in [5, 5.41) is 18.7. The first kappa shape index (κ1) is 17.4. The molecule has 0 aliphatic rings. The molecular formula is C14H17IN4O4. The van der Waals surface area contributed by atoms with E-state index in [1.54, 1.807) is 31.5 Å². The number of rotatable bonds is 4. The SMILES string of the molecule is CC(C)(C)OC(=O)NCCn1nc(I)c2ccc([N+](=O)[O-])cc21. The molecule has 0 spiro atoms. The van der Waals surface area contributed by atoms with Crippen molar-refractivity contribution in [1.82, 2.24) is 15.1 Å². The van der Waals surface area contributed by atoms with Gasteiger partial charge in [0.2, 0.25) is 0 Å². The third-order valence-corrected chi connectivity index (χ3v) is 3.69. The van der Waals surface area contributed by atoms with E-state index in [0.717, 1.165) is 9.09 Å². The molecule has 0 bridgehead atoms. The normalized spacial score (nSPS) is 11.5. The fourth-order valence-electron chi connectivity index (χ4n) is 1.98. The van der Waals surface area contributed by atoms with Gasteiger partial charge in [-0.1, -0.05) is 0 Å². The molecule has 8 nitrogen and oxygen atoms in total. The van der Waals surface area contributed by atoms with E-state index in [0.29, 0.717) is 18.6 Å². The van der Waals surface area contributed by atoms with Crippen LogP contribution in [0.4, 0.5) is 10.5 Å². The van der Waals surface area contributed by atoms with Crippen LogP contribution >= 0.6 is 22.6 Å². The Morgan fingerprint density at radius 2 is 2.17 bits per heavy atom. The highest BCUT2D eigenvalue weighted by molar-refractivity contribution is 14.1. The molecule has 0 unspecified atom stereocenters. The van der Waals surface area contributed by atoms with E-state index in [9.17, 15) is 14.9 Å². The highest BCUT2D eigenvalue weighted by atomic mass is 127. The van der Waals surface area contributed by atoms with Crippen LogP contribution in [0.5, 0.6) is 0 Å². The van der Waals surface area contributed by atoms with E-state index >= 15 is 0 Å². The molecule has 0 aliphatic carbocycles. The maximum Gasteiger partial charge on any atom is 0.407 e. The van der Waals surface area contributed by atoms with Crippen LogP contribution in [0.3, 0.4) is 0 Å². The minimum Gasteiger partial charge on any atom is -0.444 e. The van der Waals surface area contributed by atoms with Crippen LogP contribution in [0, 0.1) is 13.8 Å². The van der Waals surface area contributed by atoms with Gasteiger partial charge in [0.1, 0.15) is 9.30 Å². The van der Waals surface area contributed by atoms with Gasteiger partial charge in [0.15, 0.2) is 0 Å². The third kappa shape index (κ3) is 4.53. The molecule has 1 N–H and O–H groups in total. The van der Waals surface area contributed by atoms with Crippen LogP contribution in [0.1, 0.15) is 20.8 Å². The van der Waals surface area contributed by atoms with Gasteiger partial charge in [-0.2, -0.15) is 5.10 Å². The van der Waals surface area contributed by atoms with Gasteiger partial charge >= 0.3 is 6.09 Å². The van der Waals surface area contributed by atoms with E-state index in [1.807, 2.05) is 0 Å². The molecule has 1 heterocycles. The lowest BCUT2D eigenvalue weighted by atomic mass is 10.2. The smallest absolute Gasteiger partial charge is 0.407 e. The first-order chi connectivity index (χ1) is 10.7. The van der Waals surface area contributed by atoms with Crippen LogP contribution in [-0.4, -0.2) is 32.9 Å². The number of carbonyl (C=O) groups excluding carboxylic acids is 1. The standard InChI is InChI=1S/C14H17IN4O4/c1-14(2,3)23-13(20)16-6-7-18-11-8-9(19(21)22)4-5-10(11)12(15)17-18/h4-5,8H,6-7H2,1-3H3,(H,16,20). The maximum absolute atomic E-state index is 11.6. The molecule has 0 aliphatic heterocycles. The van der Waals surface area contributed by atoms with Crippen LogP contribution in [0.15, 0.2) is 18.2 Å². The monoisotopic (exact) mass is 432 g/mol. The summed E-state index contributed by atoms with van der Waals surface area (Å²) >= 11 is 2.08. The number of nitrogens with zero attached hydrogens (tertiary/aromatic N) is 3. The Balaban J connectivity index is 2.09. The summed E-state index contributed by atoms with van der Waals surface area (Å²) in [5.41, 5.74) is 0.114. The first-order valence-electron chi connectivity index (χ1n) is 6.95. The molecule has 0 atom stereocenters. The molecule has 0 saturated carbocycles. The summed E-state index contributed by atoms with van der Waals surface area (Å²) in [7, 11) is 0. The molecular weight excluding hydrogens is 415 g/mol. The van der Waals surface area contributed by atoms with Gasteiger partial charge in [-0.25, -0.2) is 4.79 Å². The Hall–Kier alpha value is -1.91. The second-order valence-electron chi connectivity index (χ2n) is 5.90. The molecule has 124 valence electrons. The molecule has 1 aromatic heterocycles. The number of hydrogen-bond acceptors (Lipinski definition) is 5. The number of hydrogen-bond donors (Lipinski definition) is 1. The predicted octanol–water partition coefficient (Wildman–Crippen LogP) is 3.07. The average molecular weight is 432 g/mol. The van der Waals surface area contributed by atoms with Crippen LogP contribution < -0.4 is 5.32 Å². The molecule has 2 rings (SSSR count). The van der Waals surface area contributed by atoms with Crippen molar-refractivity contribution in [3.63, 3.8) is 0 Å². The van der Waals surface area contributed by atoms with Gasteiger partial charge < -0.3 is 10.1 Å². The third-order valence-electron chi connectivity index (χ3n) is 2.89. The molecule has 23 heavy (non-hydrogen) atoms. The van der Waals surface area contributed by atoms with Crippen molar-refractivity contribution >= 4 is 45.3 Å². The van der Waals surface area contributed by atoms with Crippen molar-refractivity contribution in [2.75, 3.05) is 6.54 Å². The lowest BCUT2D eigenvalue weighted by Gasteiger charge is -2.19. The zero-order valence-corrected chi connectivity index (χ0v) is 15.2. The summed E-state index contributed by atoms with van der Waals surface area (Å²) in [4.78, 5) is 22.1. The Kier molecular flexibility index (Phi) is 5.07. The van der Waals surface area contributed by atoms with Crippen LogP contribution in [0.2, 0.25) is 0 Å². The quantitative estimate of drug-likeness (QED) is 0.455. The van der Waals surface area contributed by atoms with Crippen molar-refractivity contribution in [1.29, 1.82) is 0 Å². The minimum absolute atomic E-state index is 0.00940. The fraction of sp³-hybridized carbons (Fsp3) is 0.429. The van der Waals surface area contributed by atoms with Crippen LogP contribution in [0.25, 0.3) is 10.9 Å². The number of fused-ring (bicyclic) bond motifs is 1. The second kappa shape index (κ2) is 6.69. The molecule has 1 amide bonds. The molecule has 0 radical (unpaired) electrons. The number of alkyl carbamates (subject to hydrolysis) is 1. The molecule has 2 aromatic rings. The fourth-order valence-corrected chi connectivity index (χ4v) is 2.70. The number of nitro groups is 1. The zero-order valence-electron chi connectivity index (χ0n) is 13.0. The number of nitrogens with one attached hydrogen (secondary N) is 1. The Labute approximate surface area is 146 Å². The first-order valence-corrected chi connectivity index (χ1v) is 8.02. The average Bonchev–Trinajstić information content (AvgIpc) is 2.73. The number of non-ortho nitro benzene ring substituents is 1. The number of ether oxygens (including phenoxy) is 1. The summed E-state index contributed by atoms with van der Waals surface area (Å²) in [6, 6.07) is 4.62. The zero-order chi connectivity index (χ0) is 17.2. The van der Waals surface area contributed by atoms with E-state index < -0.39 is 16.6 Å². The predicted molar refractivity (Wildman–Crippen MR) is 93.3 cm³/mol. The van der Waals surface area contributed by atoms with Gasteiger partial charge in [-0.3, -0.25) is 14.8 Å². The topological polar surface area (TPSA) is 99.3 Å². The van der Waals surface area contributed by atoms with Gasteiger partial charge in [-0.05, 0) is 49.4 Å². The molecule has 1 aromatic carbocycles. The summed E-state index contributed by atoms with van der Waals surface area (Å²) < 4.78 is 7.54. The number of nitro benzene ring substituents is 1. The minimum atomic E-state index is -0.557. The number of aromatic nitrogens is 2. The second-order valence-corrected chi connectivity index (χ2v) is 6.92. The number of halogens is 1. The number of amides is 1. The highest BCUT2D eigenvalue weighted by Gasteiger charge is 2.16. The maximum atomic E-state index is 11.6. The molecule has 9 heteroatoms. The summed E-state index contributed by atoms with van der Waals surface area (Å²) in [6.45, 7) is 6.06. The van der Waals surface area contributed by atoms with Crippen LogP contribution in [-0.2, 0) is 11.3 Å². The van der Waals surface area contributed by atoms with E-state index in [1.165, 1.54) is 12.1 Å². The van der Waals surface area contributed by atoms with Gasteiger partial charge in [0, 0.05) is 24.1 Å². The van der Waals surface area contributed by atoms with Crippen molar-refractivity contribution in [2.45, 2.75) is 32.9 Å². The lowest BCUT2D eigenvalue weighted by molar-refractivity contribution is -0.384. The van der Waals surface area contributed by atoms with Gasteiger partial charge in [0.05, 0.1) is 17.0 Å². The van der Waals surface area contributed by atoms with Crippen molar-refractivity contribution in [3.05, 3.63) is 32.0 Å². The Morgan fingerprint density at radius 3 is 2.78 bits per heavy atom. The van der Waals surface area contributed by atoms with E-state index in [2.05, 4.69) is 33.0 Å². The highest BCUT2D eigenvalue weighted by Crippen LogP contribution is 2.24. The van der Waals surface area contributed by atoms with Crippen molar-refractivity contribution in [2.24, 2.45) is 0 Å². The van der Waals surface area contributed by atoms with E-state index in [4.69, 9.17) is 4.74 Å². The Bertz CT molecular complexity index is 751.